The Morgan fingerprint density at radius 3 is 0.947 bits per heavy atom. The van der Waals surface area contributed by atoms with Gasteiger partial charge >= 0.3 is 5.97 Å². The number of esters is 1. The zero-order chi connectivity index (χ0) is 54.3. The van der Waals surface area contributed by atoms with Crippen molar-refractivity contribution in [2.24, 2.45) is 0 Å². The number of unbranched alkanes of at least 4 members (excludes halogenated alkanes) is 51. The van der Waals surface area contributed by atoms with Gasteiger partial charge in [-0.3, -0.25) is 9.59 Å². The average molecular weight is 1060 g/mol. The zero-order valence-electron chi connectivity index (χ0n) is 50.8. The number of hydrogen-bond acceptors (Lipinski definition) is 5. The van der Waals surface area contributed by atoms with Crippen molar-refractivity contribution in [2.45, 2.75) is 392 Å². The van der Waals surface area contributed by atoms with E-state index in [-0.39, 0.29) is 18.5 Å². The number of nitrogens with one attached hydrogen (secondary N) is 1. The molecule has 0 radical (unpaired) electrons. The van der Waals surface area contributed by atoms with Crippen LogP contribution in [-0.4, -0.2) is 47.4 Å². The number of allylic oxidation sites excluding steroid dienone is 3. The molecular weight excluding hydrogens is 923 g/mol. The lowest BCUT2D eigenvalue weighted by atomic mass is 10.0. The third kappa shape index (κ3) is 61.4. The maximum Gasteiger partial charge on any atom is 0.305 e. The quantitative estimate of drug-likeness (QED) is 0.0320. The molecule has 2 atom stereocenters. The molecule has 0 aliphatic carbocycles. The number of amides is 1. The molecule has 0 saturated heterocycles. The first kappa shape index (κ1) is 73.3. The third-order valence-corrected chi connectivity index (χ3v) is 16.0. The predicted octanol–water partition coefficient (Wildman–Crippen LogP) is 21.8. The Kier molecular flexibility index (Phi) is 63.4. The summed E-state index contributed by atoms with van der Waals surface area (Å²) in [5.41, 5.74) is 0. The lowest BCUT2D eigenvalue weighted by Crippen LogP contribution is -2.45. The molecule has 6 nitrogen and oxygen atoms in total. The largest absolute Gasteiger partial charge is 0.466 e. The molecule has 0 spiro atoms. The second-order valence-electron chi connectivity index (χ2n) is 23.5. The van der Waals surface area contributed by atoms with Gasteiger partial charge in [0.15, 0.2) is 0 Å². The Balaban J connectivity index is 3.30. The van der Waals surface area contributed by atoms with Gasteiger partial charge in [-0.1, -0.05) is 334 Å². The molecule has 0 rings (SSSR count). The van der Waals surface area contributed by atoms with Gasteiger partial charge in [0.1, 0.15) is 0 Å². The Hall–Kier alpha value is -1.66. The fraction of sp³-hybridized carbons (Fsp3) is 0.913. The highest BCUT2D eigenvalue weighted by atomic mass is 16.5. The maximum atomic E-state index is 12.4. The normalized spacial score (nSPS) is 12.6. The second-order valence-corrected chi connectivity index (χ2v) is 23.5. The van der Waals surface area contributed by atoms with Crippen molar-refractivity contribution in [2.75, 3.05) is 13.2 Å². The van der Waals surface area contributed by atoms with Crippen molar-refractivity contribution in [1.82, 2.24) is 5.32 Å². The predicted molar refractivity (Wildman–Crippen MR) is 329 cm³/mol. The summed E-state index contributed by atoms with van der Waals surface area (Å²) in [4.78, 5) is 24.5. The van der Waals surface area contributed by atoms with Crippen LogP contribution in [0, 0.1) is 0 Å². The highest BCUT2D eigenvalue weighted by molar-refractivity contribution is 5.76. The van der Waals surface area contributed by atoms with Gasteiger partial charge in [-0.15, -0.1) is 0 Å². The minimum atomic E-state index is -0.839. The van der Waals surface area contributed by atoms with E-state index in [1.807, 2.05) is 6.08 Å². The van der Waals surface area contributed by atoms with Crippen LogP contribution in [-0.2, 0) is 14.3 Å². The van der Waals surface area contributed by atoms with E-state index in [0.717, 1.165) is 44.9 Å². The summed E-state index contributed by atoms with van der Waals surface area (Å²) in [5.74, 6) is -0.0497. The van der Waals surface area contributed by atoms with E-state index < -0.39 is 12.1 Å². The van der Waals surface area contributed by atoms with Gasteiger partial charge in [-0.25, -0.2) is 0 Å². The molecule has 6 heteroatoms. The number of rotatable bonds is 64. The maximum absolute atomic E-state index is 12.4. The number of carbonyl (C=O) groups excluding carboxylic acids is 2. The molecule has 0 heterocycles. The molecular formula is C69H133NO5. The minimum absolute atomic E-state index is 0.0132. The van der Waals surface area contributed by atoms with E-state index in [9.17, 15) is 19.8 Å². The van der Waals surface area contributed by atoms with Crippen molar-refractivity contribution in [3.63, 3.8) is 0 Å². The van der Waals surface area contributed by atoms with E-state index in [4.69, 9.17) is 4.74 Å². The second kappa shape index (κ2) is 64.9. The summed E-state index contributed by atoms with van der Waals surface area (Å²) in [6.07, 6.45) is 81.2. The number of ether oxygens (including phenoxy) is 1. The van der Waals surface area contributed by atoms with Gasteiger partial charge in [-0.05, 0) is 57.8 Å². The van der Waals surface area contributed by atoms with Gasteiger partial charge < -0.3 is 20.3 Å². The molecule has 0 aliphatic rings. The summed E-state index contributed by atoms with van der Waals surface area (Å²) >= 11 is 0. The summed E-state index contributed by atoms with van der Waals surface area (Å²) in [6.45, 7) is 4.90. The molecule has 0 fully saturated rings. The Bertz CT molecular complexity index is 1170. The van der Waals surface area contributed by atoms with Crippen LogP contribution in [0.3, 0.4) is 0 Å². The van der Waals surface area contributed by atoms with Crippen LogP contribution in [0.25, 0.3) is 0 Å². The van der Waals surface area contributed by atoms with Crippen LogP contribution in [0.1, 0.15) is 380 Å². The van der Waals surface area contributed by atoms with Crippen molar-refractivity contribution in [3.05, 3.63) is 24.3 Å². The number of aliphatic hydroxyl groups is 2. The molecule has 1 amide bonds. The van der Waals surface area contributed by atoms with Crippen LogP contribution in [0.4, 0.5) is 0 Å². The molecule has 0 aliphatic heterocycles. The van der Waals surface area contributed by atoms with E-state index >= 15 is 0 Å². The van der Waals surface area contributed by atoms with Gasteiger partial charge in [0.2, 0.25) is 5.91 Å². The minimum Gasteiger partial charge on any atom is -0.466 e. The topological polar surface area (TPSA) is 95.9 Å². The monoisotopic (exact) mass is 1060 g/mol. The highest BCUT2D eigenvalue weighted by Gasteiger charge is 2.18. The molecule has 0 aromatic heterocycles. The Labute approximate surface area is 469 Å². The Morgan fingerprint density at radius 1 is 0.360 bits per heavy atom. The first-order valence-corrected chi connectivity index (χ1v) is 34.1. The van der Waals surface area contributed by atoms with Crippen LogP contribution in [0.5, 0.6) is 0 Å². The van der Waals surface area contributed by atoms with E-state index in [1.165, 1.54) is 308 Å². The molecule has 0 aromatic carbocycles. The van der Waals surface area contributed by atoms with Crippen molar-refractivity contribution >= 4 is 11.9 Å². The zero-order valence-corrected chi connectivity index (χ0v) is 50.8. The van der Waals surface area contributed by atoms with Crippen LogP contribution < -0.4 is 5.32 Å². The lowest BCUT2D eigenvalue weighted by molar-refractivity contribution is -0.143. The van der Waals surface area contributed by atoms with Crippen LogP contribution in [0.15, 0.2) is 24.3 Å². The van der Waals surface area contributed by atoms with E-state index in [0.29, 0.717) is 19.4 Å². The fourth-order valence-corrected chi connectivity index (χ4v) is 10.7. The first-order chi connectivity index (χ1) is 37.0. The van der Waals surface area contributed by atoms with E-state index in [2.05, 4.69) is 31.3 Å². The van der Waals surface area contributed by atoms with Crippen molar-refractivity contribution in [1.29, 1.82) is 0 Å². The molecule has 3 N–H and O–H groups in total. The summed E-state index contributed by atoms with van der Waals surface area (Å²) in [6, 6.07) is -0.622. The first-order valence-electron chi connectivity index (χ1n) is 34.1. The van der Waals surface area contributed by atoms with Crippen LogP contribution >= 0.6 is 0 Å². The molecule has 0 aromatic rings. The molecule has 75 heavy (non-hydrogen) atoms. The lowest BCUT2D eigenvalue weighted by Gasteiger charge is -2.20. The summed E-state index contributed by atoms with van der Waals surface area (Å²) in [5, 5.41) is 23.1. The van der Waals surface area contributed by atoms with Gasteiger partial charge in [0.25, 0.3) is 0 Å². The van der Waals surface area contributed by atoms with Gasteiger partial charge in [0.05, 0.1) is 25.4 Å². The smallest absolute Gasteiger partial charge is 0.305 e. The number of hydrogen-bond donors (Lipinski definition) is 3. The molecule has 0 bridgehead atoms. The standard InChI is InChI=1S/C69H133NO5/c1-3-5-7-9-11-13-15-16-39-43-47-51-55-59-63-69(74)75-64-60-56-52-48-44-40-37-35-33-31-29-27-25-23-21-19-17-18-20-22-24-26-28-30-32-34-36-38-42-46-50-54-58-62-68(73)70-66(65-71)67(72)61-57-53-49-45-41-14-12-10-8-6-4-2/h15-16,57,61,66-67,71-72H,3-14,17-56,58-60,62-65H2,1-2H3,(H,70,73)/b16-15-,61-57+. The van der Waals surface area contributed by atoms with Gasteiger partial charge in [0, 0.05) is 12.8 Å². The van der Waals surface area contributed by atoms with E-state index in [1.54, 1.807) is 6.08 Å². The summed E-state index contributed by atoms with van der Waals surface area (Å²) in [7, 11) is 0. The summed E-state index contributed by atoms with van der Waals surface area (Å²) < 4.78 is 5.49. The van der Waals surface area contributed by atoms with Crippen LogP contribution in [0.2, 0.25) is 0 Å². The van der Waals surface area contributed by atoms with Crippen molar-refractivity contribution < 1.29 is 24.5 Å². The fourth-order valence-electron chi connectivity index (χ4n) is 10.7. The Morgan fingerprint density at radius 2 is 0.627 bits per heavy atom. The SMILES string of the molecule is CCCCCCC/C=C\CCCCCCCC(=O)OCCCCCCCCCCCCCCCCCCCCCCCCCCCCCCCCCCCC(=O)NC(CO)C(O)/C=C/CCCCCCCCCCC. The average Bonchev–Trinajstić information content (AvgIpc) is 3.41. The molecule has 2 unspecified atom stereocenters. The van der Waals surface area contributed by atoms with Gasteiger partial charge in [-0.2, -0.15) is 0 Å². The molecule has 444 valence electrons. The number of aliphatic hydroxyl groups excluding tert-OH is 2. The van der Waals surface area contributed by atoms with Crippen molar-refractivity contribution in [3.8, 4) is 0 Å². The number of carbonyl (C=O) groups is 2. The molecule has 0 saturated carbocycles. The third-order valence-electron chi connectivity index (χ3n) is 16.0. The highest BCUT2D eigenvalue weighted by Crippen LogP contribution is 2.19.